The fraction of sp³-hybridized carbons (Fsp3) is 0.211. The molecule has 0 amide bonds. The van der Waals surface area contributed by atoms with Crippen LogP contribution in [-0.4, -0.2) is 26.6 Å². The number of ether oxygens (including phenoxy) is 3. The van der Waals surface area contributed by atoms with Crippen LogP contribution in [0.4, 0.5) is 0 Å². The lowest BCUT2D eigenvalue weighted by Crippen LogP contribution is -2.09. The number of allylic oxidation sites excluding steroid dienone is 1. The van der Waals surface area contributed by atoms with Gasteiger partial charge in [-0.25, -0.2) is 0 Å². The van der Waals surface area contributed by atoms with E-state index in [0.29, 0.717) is 36.0 Å². The molecule has 2 rings (SSSR count). The van der Waals surface area contributed by atoms with Crippen molar-refractivity contribution < 1.29 is 19.0 Å². The third-order valence-corrected chi connectivity index (χ3v) is 3.15. The second-order valence-electron chi connectivity index (χ2n) is 4.80. The maximum atomic E-state index is 10.7. The Morgan fingerprint density at radius 3 is 2.52 bits per heavy atom. The normalized spacial score (nSPS) is 10.5. The lowest BCUT2D eigenvalue weighted by molar-refractivity contribution is 0.112. The standard InChI is InChI=1S/C19H20O4/c1-3-5-15-8-9-18(19(13-15)21-2)23-11-10-22-17-7-4-6-16(12-17)14-20/h3-9,12-14H,10-11H2,1-2H3/b5-3+. The third-order valence-electron chi connectivity index (χ3n) is 3.15. The minimum Gasteiger partial charge on any atom is -0.493 e. The molecule has 2 aromatic carbocycles. The molecule has 0 saturated heterocycles. The molecule has 0 aliphatic carbocycles. The first-order valence-electron chi connectivity index (χ1n) is 7.38. The fourth-order valence-electron chi connectivity index (χ4n) is 2.09. The van der Waals surface area contributed by atoms with Crippen LogP contribution in [0.25, 0.3) is 6.08 Å². The topological polar surface area (TPSA) is 44.8 Å². The summed E-state index contributed by atoms with van der Waals surface area (Å²) in [5.74, 6) is 2.00. The van der Waals surface area contributed by atoms with Crippen molar-refractivity contribution in [2.75, 3.05) is 20.3 Å². The first kappa shape index (κ1) is 16.6. The van der Waals surface area contributed by atoms with E-state index in [1.54, 1.807) is 31.4 Å². The van der Waals surface area contributed by atoms with Gasteiger partial charge in [0.2, 0.25) is 0 Å². The van der Waals surface area contributed by atoms with Crippen LogP contribution in [0.5, 0.6) is 17.2 Å². The predicted octanol–water partition coefficient (Wildman–Crippen LogP) is 4.00. The number of benzene rings is 2. The van der Waals surface area contributed by atoms with Crippen molar-refractivity contribution in [2.45, 2.75) is 6.92 Å². The zero-order chi connectivity index (χ0) is 16.5. The highest BCUT2D eigenvalue weighted by atomic mass is 16.5. The third kappa shape index (κ3) is 4.88. The highest BCUT2D eigenvalue weighted by Crippen LogP contribution is 2.28. The van der Waals surface area contributed by atoms with Crippen molar-refractivity contribution in [1.82, 2.24) is 0 Å². The van der Waals surface area contributed by atoms with E-state index in [-0.39, 0.29) is 0 Å². The average Bonchev–Trinajstić information content (AvgIpc) is 2.60. The van der Waals surface area contributed by atoms with Crippen molar-refractivity contribution in [1.29, 1.82) is 0 Å². The summed E-state index contributed by atoms with van der Waals surface area (Å²) in [6, 6.07) is 12.8. The molecule has 120 valence electrons. The average molecular weight is 312 g/mol. The van der Waals surface area contributed by atoms with E-state index in [2.05, 4.69) is 0 Å². The maximum absolute atomic E-state index is 10.7. The summed E-state index contributed by atoms with van der Waals surface area (Å²) in [6.07, 6.45) is 4.76. The van der Waals surface area contributed by atoms with E-state index < -0.39 is 0 Å². The summed E-state index contributed by atoms with van der Waals surface area (Å²) < 4.78 is 16.6. The predicted molar refractivity (Wildman–Crippen MR) is 90.5 cm³/mol. The first-order valence-corrected chi connectivity index (χ1v) is 7.38. The molecule has 4 nitrogen and oxygen atoms in total. The number of hydrogen-bond donors (Lipinski definition) is 0. The maximum Gasteiger partial charge on any atom is 0.161 e. The summed E-state index contributed by atoms with van der Waals surface area (Å²) in [5.41, 5.74) is 1.64. The van der Waals surface area contributed by atoms with Crippen LogP contribution in [0.3, 0.4) is 0 Å². The molecule has 0 atom stereocenters. The van der Waals surface area contributed by atoms with Crippen molar-refractivity contribution >= 4 is 12.4 Å². The molecule has 0 spiro atoms. The van der Waals surface area contributed by atoms with Crippen LogP contribution in [0.1, 0.15) is 22.8 Å². The van der Waals surface area contributed by atoms with Crippen molar-refractivity contribution in [2.24, 2.45) is 0 Å². The zero-order valence-electron chi connectivity index (χ0n) is 13.3. The molecule has 2 aromatic rings. The zero-order valence-corrected chi connectivity index (χ0v) is 13.3. The Labute approximate surface area is 136 Å². The molecule has 0 saturated carbocycles. The molecule has 0 fully saturated rings. The second kappa shape index (κ2) is 8.63. The lowest BCUT2D eigenvalue weighted by atomic mass is 10.2. The molecule has 0 aliphatic rings. The van der Waals surface area contributed by atoms with E-state index >= 15 is 0 Å². The Balaban J connectivity index is 1.89. The van der Waals surface area contributed by atoms with Gasteiger partial charge in [0.15, 0.2) is 11.5 Å². The number of rotatable bonds is 8. The minimum atomic E-state index is 0.377. The molecule has 0 unspecified atom stereocenters. The van der Waals surface area contributed by atoms with Gasteiger partial charge in [-0.2, -0.15) is 0 Å². The number of carbonyl (C=O) groups excluding carboxylic acids is 1. The van der Waals surface area contributed by atoms with Crippen molar-refractivity contribution in [3.05, 3.63) is 59.7 Å². The van der Waals surface area contributed by atoms with Gasteiger partial charge in [0.25, 0.3) is 0 Å². The number of methoxy groups -OCH3 is 1. The molecule has 0 heterocycles. The van der Waals surface area contributed by atoms with E-state index in [0.717, 1.165) is 11.8 Å². The first-order chi connectivity index (χ1) is 11.3. The number of hydrogen-bond acceptors (Lipinski definition) is 4. The summed E-state index contributed by atoms with van der Waals surface area (Å²) in [5, 5.41) is 0. The van der Waals surface area contributed by atoms with Gasteiger partial charge in [0.1, 0.15) is 25.2 Å². The molecular weight excluding hydrogens is 292 g/mol. The quantitative estimate of drug-likeness (QED) is 0.546. The summed E-state index contributed by atoms with van der Waals surface area (Å²) in [6.45, 7) is 2.72. The SMILES string of the molecule is C/C=C/c1ccc(OCCOc2cccc(C=O)c2)c(OC)c1. The van der Waals surface area contributed by atoms with E-state index in [9.17, 15) is 4.79 Å². The van der Waals surface area contributed by atoms with Gasteiger partial charge in [-0.05, 0) is 36.8 Å². The van der Waals surface area contributed by atoms with Crippen LogP contribution in [0, 0.1) is 0 Å². The molecule has 0 bridgehead atoms. The van der Waals surface area contributed by atoms with E-state index in [4.69, 9.17) is 14.2 Å². The largest absolute Gasteiger partial charge is 0.493 e. The summed E-state index contributed by atoms with van der Waals surface area (Å²) >= 11 is 0. The molecule has 23 heavy (non-hydrogen) atoms. The fourth-order valence-corrected chi connectivity index (χ4v) is 2.09. The highest BCUT2D eigenvalue weighted by molar-refractivity contribution is 5.75. The Hall–Kier alpha value is -2.75. The molecule has 0 radical (unpaired) electrons. The van der Waals surface area contributed by atoms with Crippen LogP contribution in [0.15, 0.2) is 48.5 Å². The minimum absolute atomic E-state index is 0.377. The highest BCUT2D eigenvalue weighted by Gasteiger charge is 2.05. The molecule has 0 aromatic heterocycles. The van der Waals surface area contributed by atoms with E-state index in [1.807, 2.05) is 37.3 Å². The van der Waals surface area contributed by atoms with Gasteiger partial charge in [-0.3, -0.25) is 4.79 Å². The Morgan fingerprint density at radius 2 is 1.78 bits per heavy atom. The van der Waals surface area contributed by atoms with Crippen LogP contribution < -0.4 is 14.2 Å². The van der Waals surface area contributed by atoms with Gasteiger partial charge < -0.3 is 14.2 Å². The Kier molecular flexibility index (Phi) is 6.24. The summed E-state index contributed by atoms with van der Waals surface area (Å²) in [4.78, 5) is 10.7. The monoisotopic (exact) mass is 312 g/mol. The number of aldehydes is 1. The number of carbonyl (C=O) groups is 1. The van der Waals surface area contributed by atoms with Gasteiger partial charge in [0, 0.05) is 5.56 Å². The summed E-state index contributed by atoms with van der Waals surface area (Å²) in [7, 11) is 1.61. The molecule has 0 N–H and O–H groups in total. The Bertz CT molecular complexity index is 677. The van der Waals surface area contributed by atoms with Gasteiger partial charge in [-0.15, -0.1) is 0 Å². The Morgan fingerprint density at radius 1 is 0.957 bits per heavy atom. The van der Waals surface area contributed by atoms with Crippen LogP contribution in [-0.2, 0) is 0 Å². The molecule has 0 aliphatic heterocycles. The van der Waals surface area contributed by atoms with Gasteiger partial charge in [-0.1, -0.05) is 30.4 Å². The molecule has 4 heteroatoms. The van der Waals surface area contributed by atoms with Crippen LogP contribution in [0.2, 0.25) is 0 Å². The smallest absolute Gasteiger partial charge is 0.161 e. The van der Waals surface area contributed by atoms with Crippen molar-refractivity contribution in [3.63, 3.8) is 0 Å². The second-order valence-corrected chi connectivity index (χ2v) is 4.80. The van der Waals surface area contributed by atoms with Crippen LogP contribution >= 0.6 is 0 Å². The lowest BCUT2D eigenvalue weighted by Gasteiger charge is -2.12. The van der Waals surface area contributed by atoms with E-state index in [1.165, 1.54) is 0 Å². The van der Waals surface area contributed by atoms with Gasteiger partial charge in [0.05, 0.1) is 7.11 Å². The van der Waals surface area contributed by atoms with Gasteiger partial charge >= 0.3 is 0 Å². The molecular formula is C19H20O4. The van der Waals surface area contributed by atoms with Crippen molar-refractivity contribution in [3.8, 4) is 17.2 Å².